The van der Waals surface area contributed by atoms with E-state index in [1.54, 1.807) is 11.3 Å². The lowest BCUT2D eigenvalue weighted by Gasteiger charge is -2.04. The molecular weight excluding hydrogens is 278 g/mol. The first-order valence-electron chi connectivity index (χ1n) is 7.46. The predicted octanol–water partition coefficient (Wildman–Crippen LogP) is 4.21. The van der Waals surface area contributed by atoms with Crippen LogP contribution in [0, 0.1) is 0 Å². The summed E-state index contributed by atoms with van der Waals surface area (Å²) >= 11 is 1.80. The summed E-state index contributed by atoms with van der Waals surface area (Å²) < 4.78 is 0. The van der Waals surface area contributed by atoms with Crippen molar-refractivity contribution in [3.05, 3.63) is 40.8 Å². The minimum atomic E-state index is 0.637. The molecular formula is C17H17N3S. The first-order chi connectivity index (χ1) is 10.3. The number of nitrogens with two attached hydrogens (primary N) is 1. The topological polar surface area (TPSA) is 51.8 Å². The van der Waals surface area contributed by atoms with Gasteiger partial charge in [-0.05, 0) is 31.2 Å². The van der Waals surface area contributed by atoms with Gasteiger partial charge >= 0.3 is 0 Å². The fourth-order valence-corrected chi connectivity index (χ4v) is 4.35. The smallest absolute Gasteiger partial charge is 0.163 e. The van der Waals surface area contributed by atoms with Crippen molar-refractivity contribution >= 4 is 27.4 Å². The Labute approximate surface area is 127 Å². The van der Waals surface area contributed by atoms with Gasteiger partial charge in [0, 0.05) is 10.4 Å². The standard InChI is InChI=1S/C17H17N3S/c18-15-14-12-9-5-2-6-10-13(12)21-17(14)20-16(19-15)11-7-3-1-4-8-11/h1,3-4,7-8H,2,5-6,9-10H2,(H2,18,19,20). The van der Waals surface area contributed by atoms with E-state index in [9.17, 15) is 0 Å². The molecule has 1 aliphatic carbocycles. The number of hydrogen-bond acceptors (Lipinski definition) is 4. The fraction of sp³-hybridized carbons (Fsp3) is 0.294. The van der Waals surface area contributed by atoms with E-state index in [0.717, 1.165) is 34.4 Å². The molecule has 0 amide bonds. The maximum Gasteiger partial charge on any atom is 0.163 e. The van der Waals surface area contributed by atoms with Gasteiger partial charge in [-0.2, -0.15) is 0 Å². The van der Waals surface area contributed by atoms with E-state index >= 15 is 0 Å². The number of nitrogens with zero attached hydrogens (tertiary/aromatic N) is 2. The zero-order valence-corrected chi connectivity index (χ0v) is 12.6. The van der Waals surface area contributed by atoms with Crippen LogP contribution >= 0.6 is 11.3 Å². The number of aryl methyl sites for hydroxylation is 2. The molecule has 1 aliphatic rings. The summed E-state index contributed by atoms with van der Waals surface area (Å²) in [5.74, 6) is 1.37. The van der Waals surface area contributed by atoms with E-state index in [2.05, 4.69) is 4.98 Å². The lowest BCUT2D eigenvalue weighted by Crippen LogP contribution is -1.98. The largest absolute Gasteiger partial charge is 0.383 e. The monoisotopic (exact) mass is 295 g/mol. The van der Waals surface area contributed by atoms with Crippen LogP contribution in [0.2, 0.25) is 0 Å². The van der Waals surface area contributed by atoms with Gasteiger partial charge < -0.3 is 5.73 Å². The Hall–Kier alpha value is -1.94. The van der Waals surface area contributed by atoms with E-state index in [4.69, 9.17) is 10.7 Å². The van der Waals surface area contributed by atoms with Gasteiger partial charge in [-0.25, -0.2) is 9.97 Å². The summed E-state index contributed by atoms with van der Waals surface area (Å²) in [5.41, 5.74) is 8.70. The normalized spacial score (nSPS) is 14.9. The summed E-state index contributed by atoms with van der Waals surface area (Å²) in [7, 11) is 0. The van der Waals surface area contributed by atoms with Crippen LogP contribution in [0.5, 0.6) is 0 Å². The molecule has 0 unspecified atom stereocenters. The van der Waals surface area contributed by atoms with Crippen molar-refractivity contribution in [2.24, 2.45) is 0 Å². The highest BCUT2D eigenvalue weighted by atomic mass is 32.1. The highest BCUT2D eigenvalue weighted by molar-refractivity contribution is 7.19. The van der Waals surface area contributed by atoms with E-state index in [1.165, 1.54) is 29.7 Å². The second-order valence-corrected chi connectivity index (χ2v) is 6.63. The highest BCUT2D eigenvalue weighted by Gasteiger charge is 2.19. The second kappa shape index (κ2) is 5.11. The molecule has 0 bridgehead atoms. The van der Waals surface area contributed by atoms with Gasteiger partial charge in [-0.3, -0.25) is 0 Å². The van der Waals surface area contributed by atoms with Crippen LogP contribution in [0.4, 0.5) is 5.82 Å². The minimum Gasteiger partial charge on any atom is -0.383 e. The fourth-order valence-electron chi connectivity index (χ4n) is 3.08. The summed E-state index contributed by atoms with van der Waals surface area (Å²) in [5, 5.41) is 1.11. The van der Waals surface area contributed by atoms with E-state index in [0.29, 0.717) is 5.82 Å². The van der Waals surface area contributed by atoms with Gasteiger partial charge in [0.2, 0.25) is 0 Å². The number of thiophene rings is 1. The predicted molar refractivity (Wildman–Crippen MR) is 88.5 cm³/mol. The van der Waals surface area contributed by atoms with Crippen LogP contribution in [0.1, 0.15) is 29.7 Å². The third-order valence-corrected chi connectivity index (χ3v) is 5.31. The Morgan fingerprint density at radius 1 is 0.952 bits per heavy atom. The van der Waals surface area contributed by atoms with Crippen LogP contribution in [0.3, 0.4) is 0 Å². The van der Waals surface area contributed by atoms with Crippen molar-refractivity contribution in [1.82, 2.24) is 9.97 Å². The molecule has 2 aromatic heterocycles. The van der Waals surface area contributed by atoms with Gasteiger partial charge in [-0.15, -0.1) is 11.3 Å². The summed E-state index contributed by atoms with van der Waals surface area (Å²) in [6, 6.07) is 10.1. The van der Waals surface area contributed by atoms with E-state index in [1.807, 2.05) is 30.3 Å². The Morgan fingerprint density at radius 2 is 1.76 bits per heavy atom. The number of nitrogen functional groups attached to an aromatic ring is 1. The van der Waals surface area contributed by atoms with Crippen molar-refractivity contribution in [3.8, 4) is 11.4 Å². The lowest BCUT2D eigenvalue weighted by molar-refractivity contribution is 0.713. The Balaban J connectivity index is 1.92. The molecule has 2 N–H and O–H groups in total. The minimum absolute atomic E-state index is 0.637. The van der Waals surface area contributed by atoms with Gasteiger partial charge in [0.25, 0.3) is 0 Å². The van der Waals surface area contributed by atoms with Gasteiger partial charge in [-0.1, -0.05) is 36.8 Å². The highest BCUT2D eigenvalue weighted by Crippen LogP contribution is 2.37. The molecule has 21 heavy (non-hydrogen) atoms. The molecule has 0 radical (unpaired) electrons. The Bertz CT molecular complexity index is 793. The maximum atomic E-state index is 6.27. The average Bonchev–Trinajstić information content (AvgIpc) is 2.71. The van der Waals surface area contributed by atoms with Gasteiger partial charge in [0.1, 0.15) is 10.6 Å². The third-order valence-electron chi connectivity index (χ3n) is 4.12. The number of rotatable bonds is 1. The van der Waals surface area contributed by atoms with Crippen molar-refractivity contribution < 1.29 is 0 Å². The molecule has 0 atom stereocenters. The first-order valence-corrected chi connectivity index (χ1v) is 8.28. The molecule has 0 saturated heterocycles. The molecule has 1 aromatic carbocycles. The SMILES string of the molecule is Nc1nc(-c2ccccc2)nc2sc3c(c12)CCCCC3. The Kier molecular flexibility index (Phi) is 3.11. The zero-order chi connectivity index (χ0) is 14.2. The molecule has 2 heterocycles. The van der Waals surface area contributed by atoms with E-state index < -0.39 is 0 Å². The van der Waals surface area contributed by atoms with Crippen LogP contribution < -0.4 is 5.73 Å². The average molecular weight is 295 g/mol. The quantitative estimate of drug-likeness (QED) is 0.684. The summed E-state index contributed by atoms with van der Waals surface area (Å²) in [6.45, 7) is 0. The molecule has 0 fully saturated rings. The number of hydrogen-bond donors (Lipinski definition) is 1. The molecule has 0 aliphatic heterocycles. The second-order valence-electron chi connectivity index (χ2n) is 5.54. The van der Waals surface area contributed by atoms with Crippen LogP contribution in [-0.4, -0.2) is 9.97 Å². The molecule has 0 spiro atoms. The van der Waals surface area contributed by atoms with Crippen LogP contribution in [0.15, 0.2) is 30.3 Å². The molecule has 4 heteroatoms. The van der Waals surface area contributed by atoms with Crippen LogP contribution in [0.25, 0.3) is 21.6 Å². The van der Waals surface area contributed by atoms with Gasteiger partial charge in [0.15, 0.2) is 5.82 Å². The van der Waals surface area contributed by atoms with Crippen molar-refractivity contribution in [3.63, 3.8) is 0 Å². The molecule has 106 valence electrons. The number of benzene rings is 1. The number of anilines is 1. The number of fused-ring (bicyclic) bond motifs is 3. The Morgan fingerprint density at radius 3 is 2.62 bits per heavy atom. The maximum absolute atomic E-state index is 6.27. The summed E-state index contributed by atoms with van der Waals surface area (Å²) in [4.78, 5) is 11.8. The van der Waals surface area contributed by atoms with Crippen LogP contribution in [-0.2, 0) is 12.8 Å². The summed E-state index contributed by atoms with van der Waals surface area (Å²) in [6.07, 6.45) is 6.12. The molecule has 3 nitrogen and oxygen atoms in total. The number of aromatic nitrogens is 2. The molecule has 4 rings (SSSR count). The van der Waals surface area contributed by atoms with Crippen molar-refractivity contribution in [2.75, 3.05) is 5.73 Å². The third kappa shape index (κ3) is 2.20. The molecule has 3 aromatic rings. The van der Waals surface area contributed by atoms with Crippen molar-refractivity contribution in [1.29, 1.82) is 0 Å². The van der Waals surface area contributed by atoms with Crippen molar-refractivity contribution in [2.45, 2.75) is 32.1 Å². The van der Waals surface area contributed by atoms with E-state index in [-0.39, 0.29) is 0 Å². The first kappa shape index (κ1) is 12.8. The molecule has 0 saturated carbocycles. The lowest BCUT2D eigenvalue weighted by atomic mass is 10.1. The van der Waals surface area contributed by atoms with Gasteiger partial charge in [0.05, 0.1) is 5.39 Å². The zero-order valence-electron chi connectivity index (χ0n) is 11.8.